The van der Waals surface area contributed by atoms with Gasteiger partial charge in [0, 0.05) is 25.5 Å². The summed E-state index contributed by atoms with van der Waals surface area (Å²) in [5.41, 5.74) is -0.948. The molecule has 0 bridgehead atoms. The second-order valence-corrected chi connectivity index (χ2v) is 4.08. The van der Waals surface area contributed by atoms with E-state index in [2.05, 4.69) is 4.98 Å². The molecule has 1 N–H and O–H groups in total. The van der Waals surface area contributed by atoms with Crippen LogP contribution in [0.4, 0.5) is 0 Å². The average molecular weight is 238 g/mol. The molecule has 0 amide bonds. The van der Waals surface area contributed by atoms with Crippen LogP contribution in [0.3, 0.4) is 0 Å². The van der Waals surface area contributed by atoms with Gasteiger partial charge in [-0.15, -0.1) is 0 Å². The number of H-pyrrole nitrogens is 1. The van der Waals surface area contributed by atoms with Crippen molar-refractivity contribution in [3.8, 4) is 0 Å². The van der Waals surface area contributed by atoms with E-state index in [0.717, 1.165) is 4.57 Å². The number of Topliss-reactive ketones (excluding diaryl/α,β-unsaturated/α-hetero) is 1. The fourth-order valence-corrected chi connectivity index (χ4v) is 2.01. The van der Waals surface area contributed by atoms with E-state index in [0.29, 0.717) is 26.1 Å². The van der Waals surface area contributed by atoms with Gasteiger partial charge in [0.2, 0.25) is 0 Å². The molecular weight excluding hydrogens is 224 g/mol. The Bertz CT molecular complexity index is 537. The van der Waals surface area contributed by atoms with Gasteiger partial charge in [-0.25, -0.2) is 4.79 Å². The molecule has 0 aliphatic carbocycles. The van der Waals surface area contributed by atoms with Crippen LogP contribution in [0.1, 0.15) is 36.2 Å². The molecule has 0 radical (unpaired) electrons. The number of nitrogens with one attached hydrogen (secondary N) is 1. The van der Waals surface area contributed by atoms with Crippen LogP contribution in [-0.2, 0) is 4.74 Å². The van der Waals surface area contributed by atoms with Crippen LogP contribution in [0.25, 0.3) is 0 Å². The summed E-state index contributed by atoms with van der Waals surface area (Å²) in [7, 11) is 0. The summed E-state index contributed by atoms with van der Waals surface area (Å²) >= 11 is 0. The summed E-state index contributed by atoms with van der Waals surface area (Å²) in [4.78, 5) is 37.4. The van der Waals surface area contributed by atoms with Crippen molar-refractivity contribution >= 4 is 5.78 Å². The van der Waals surface area contributed by atoms with Gasteiger partial charge in [-0.2, -0.15) is 0 Å². The van der Waals surface area contributed by atoms with Crippen molar-refractivity contribution in [2.45, 2.75) is 25.8 Å². The smallest absolute Gasteiger partial charge is 0.328 e. The lowest BCUT2D eigenvalue weighted by Gasteiger charge is -2.23. The van der Waals surface area contributed by atoms with E-state index in [4.69, 9.17) is 4.74 Å². The van der Waals surface area contributed by atoms with Crippen LogP contribution < -0.4 is 11.2 Å². The Labute approximate surface area is 97.2 Å². The van der Waals surface area contributed by atoms with E-state index in [9.17, 15) is 14.4 Å². The van der Waals surface area contributed by atoms with Gasteiger partial charge >= 0.3 is 5.69 Å². The van der Waals surface area contributed by atoms with Crippen molar-refractivity contribution in [1.82, 2.24) is 9.55 Å². The summed E-state index contributed by atoms with van der Waals surface area (Å²) in [6.45, 7) is 2.37. The third-order valence-electron chi connectivity index (χ3n) is 2.94. The van der Waals surface area contributed by atoms with Crippen molar-refractivity contribution < 1.29 is 9.53 Å². The maximum atomic E-state index is 12.0. The highest BCUT2D eigenvalue weighted by atomic mass is 16.5. The summed E-state index contributed by atoms with van der Waals surface area (Å²) < 4.78 is 6.32. The van der Waals surface area contributed by atoms with Gasteiger partial charge in [-0.3, -0.25) is 14.2 Å². The molecule has 1 aromatic rings. The van der Waals surface area contributed by atoms with Crippen molar-refractivity contribution in [2.75, 3.05) is 13.2 Å². The summed E-state index contributed by atoms with van der Waals surface area (Å²) in [5, 5.41) is 0. The van der Waals surface area contributed by atoms with Gasteiger partial charge < -0.3 is 9.72 Å². The molecule has 0 unspecified atom stereocenters. The molecule has 6 heteroatoms. The van der Waals surface area contributed by atoms with Crippen LogP contribution in [0.2, 0.25) is 0 Å². The topological polar surface area (TPSA) is 81.2 Å². The first-order chi connectivity index (χ1) is 8.11. The molecule has 1 aliphatic rings. The van der Waals surface area contributed by atoms with Crippen LogP contribution in [0, 0.1) is 0 Å². The predicted octanol–water partition coefficient (Wildman–Crippen LogP) is 0.0907. The minimum atomic E-state index is -0.506. The number of carbonyl (C=O) groups excluding carboxylic acids is 1. The molecule has 2 heterocycles. The molecule has 0 atom stereocenters. The zero-order valence-corrected chi connectivity index (χ0v) is 9.56. The molecule has 6 nitrogen and oxygen atoms in total. The highest BCUT2D eigenvalue weighted by molar-refractivity contribution is 5.93. The van der Waals surface area contributed by atoms with E-state index >= 15 is 0 Å². The molecule has 17 heavy (non-hydrogen) atoms. The molecule has 2 rings (SSSR count). The molecule has 0 aromatic carbocycles. The molecule has 1 aromatic heterocycles. The van der Waals surface area contributed by atoms with Crippen LogP contribution in [0.15, 0.2) is 15.8 Å². The number of carbonyl (C=O) groups is 1. The number of rotatable bonds is 2. The van der Waals surface area contributed by atoms with Crippen molar-refractivity contribution in [2.24, 2.45) is 0 Å². The van der Waals surface area contributed by atoms with E-state index in [1.165, 1.54) is 13.1 Å². The Morgan fingerprint density at radius 3 is 2.65 bits per heavy atom. The molecule has 1 fully saturated rings. The van der Waals surface area contributed by atoms with E-state index in [1.54, 1.807) is 0 Å². The Morgan fingerprint density at radius 1 is 1.41 bits per heavy atom. The zero-order chi connectivity index (χ0) is 12.4. The fourth-order valence-electron chi connectivity index (χ4n) is 2.01. The number of hydrogen-bond donors (Lipinski definition) is 1. The molecule has 1 saturated heterocycles. The monoisotopic (exact) mass is 238 g/mol. The lowest BCUT2D eigenvalue weighted by molar-refractivity contribution is 0.0673. The maximum Gasteiger partial charge on any atom is 0.328 e. The normalized spacial score (nSPS) is 17.0. The highest BCUT2D eigenvalue weighted by Gasteiger charge is 2.21. The standard InChI is InChI=1S/C11H14N2O4/c1-7(14)9-6-12-11(16)13(10(9)15)8-2-4-17-5-3-8/h6,8H,2-5H2,1H3,(H,12,16). The van der Waals surface area contributed by atoms with Crippen LogP contribution in [-0.4, -0.2) is 28.5 Å². The molecule has 0 saturated carbocycles. The van der Waals surface area contributed by atoms with Crippen molar-refractivity contribution in [3.63, 3.8) is 0 Å². The van der Waals surface area contributed by atoms with Gasteiger partial charge in [0.05, 0.1) is 5.56 Å². The quantitative estimate of drug-likeness (QED) is 0.740. The van der Waals surface area contributed by atoms with Gasteiger partial charge in [-0.1, -0.05) is 0 Å². The first-order valence-corrected chi connectivity index (χ1v) is 5.54. The highest BCUT2D eigenvalue weighted by Crippen LogP contribution is 2.17. The van der Waals surface area contributed by atoms with Gasteiger partial charge in [-0.05, 0) is 19.8 Å². The lowest BCUT2D eigenvalue weighted by Crippen LogP contribution is -2.42. The SMILES string of the molecule is CC(=O)c1c[nH]c(=O)n(C2CCOCC2)c1=O. The number of ketones is 1. The third-order valence-corrected chi connectivity index (χ3v) is 2.94. The first-order valence-electron chi connectivity index (χ1n) is 5.54. The zero-order valence-electron chi connectivity index (χ0n) is 9.56. The third kappa shape index (κ3) is 2.21. The Morgan fingerprint density at radius 2 is 2.06 bits per heavy atom. The minimum absolute atomic E-state index is 0.0242. The van der Waals surface area contributed by atoms with Crippen molar-refractivity contribution in [1.29, 1.82) is 0 Å². The second-order valence-electron chi connectivity index (χ2n) is 4.08. The number of aromatic nitrogens is 2. The van der Waals surface area contributed by atoms with Crippen molar-refractivity contribution in [3.05, 3.63) is 32.6 Å². The molecule has 92 valence electrons. The van der Waals surface area contributed by atoms with E-state index in [-0.39, 0.29) is 17.4 Å². The van der Waals surface area contributed by atoms with E-state index in [1.807, 2.05) is 0 Å². The summed E-state index contributed by atoms with van der Waals surface area (Å²) in [6.07, 6.45) is 2.41. The van der Waals surface area contributed by atoms with Crippen LogP contribution >= 0.6 is 0 Å². The Balaban J connectivity index is 2.52. The maximum absolute atomic E-state index is 12.0. The number of aromatic amines is 1. The average Bonchev–Trinajstić information content (AvgIpc) is 2.30. The lowest BCUT2D eigenvalue weighted by atomic mass is 10.1. The Hall–Kier alpha value is -1.69. The largest absolute Gasteiger partial charge is 0.381 e. The number of hydrogen-bond acceptors (Lipinski definition) is 4. The van der Waals surface area contributed by atoms with Gasteiger partial charge in [0.1, 0.15) is 0 Å². The van der Waals surface area contributed by atoms with Gasteiger partial charge in [0.15, 0.2) is 5.78 Å². The molecule has 1 aliphatic heterocycles. The Kier molecular flexibility index (Phi) is 3.23. The number of nitrogens with zero attached hydrogens (tertiary/aromatic N) is 1. The minimum Gasteiger partial charge on any atom is -0.381 e. The second kappa shape index (κ2) is 4.67. The number of ether oxygens (including phenoxy) is 1. The summed E-state index contributed by atoms with van der Waals surface area (Å²) in [5.74, 6) is -0.341. The van der Waals surface area contributed by atoms with Gasteiger partial charge in [0.25, 0.3) is 5.56 Å². The van der Waals surface area contributed by atoms with Crippen LogP contribution in [0.5, 0.6) is 0 Å². The summed E-state index contributed by atoms with van der Waals surface area (Å²) in [6, 6.07) is -0.181. The fraction of sp³-hybridized carbons (Fsp3) is 0.545. The first kappa shape index (κ1) is 11.8. The predicted molar refractivity (Wildman–Crippen MR) is 60.4 cm³/mol. The molecule has 0 spiro atoms. The van der Waals surface area contributed by atoms with E-state index < -0.39 is 11.2 Å². The molecular formula is C11H14N2O4.